The number of rotatable bonds is 3. The lowest BCUT2D eigenvalue weighted by Gasteiger charge is -2.34. The van der Waals surface area contributed by atoms with Crippen molar-refractivity contribution in [2.45, 2.75) is 13.5 Å². The van der Waals surface area contributed by atoms with Crippen LogP contribution < -0.4 is 0 Å². The summed E-state index contributed by atoms with van der Waals surface area (Å²) < 4.78 is 1.71. The number of nitrogens with zero attached hydrogens (tertiary/aromatic N) is 4. The smallest absolute Gasteiger partial charge is 0.257 e. The molecule has 0 saturated carbocycles. The van der Waals surface area contributed by atoms with E-state index in [2.05, 4.69) is 5.10 Å². The molecule has 0 radical (unpaired) electrons. The molecule has 2 heterocycles. The molecule has 1 aromatic carbocycles. The van der Waals surface area contributed by atoms with Gasteiger partial charge in [-0.2, -0.15) is 5.10 Å². The van der Waals surface area contributed by atoms with Gasteiger partial charge in [-0.15, -0.1) is 0 Å². The number of hydrogen-bond acceptors (Lipinski definition) is 4. The number of aromatic hydroxyl groups is 1. The molecule has 24 heavy (non-hydrogen) atoms. The van der Waals surface area contributed by atoms with Gasteiger partial charge < -0.3 is 14.9 Å². The zero-order valence-electron chi connectivity index (χ0n) is 13.6. The second kappa shape index (κ2) is 6.74. The highest BCUT2D eigenvalue weighted by Gasteiger charge is 2.27. The summed E-state index contributed by atoms with van der Waals surface area (Å²) in [4.78, 5) is 28.3. The van der Waals surface area contributed by atoms with Crippen molar-refractivity contribution < 1.29 is 14.7 Å². The van der Waals surface area contributed by atoms with E-state index in [1.54, 1.807) is 45.1 Å². The van der Waals surface area contributed by atoms with Crippen LogP contribution in [0.4, 0.5) is 0 Å². The van der Waals surface area contributed by atoms with Gasteiger partial charge in [0.15, 0.2) is 0 Å². The molecule has 0 unspecified atom stereocenters. The molecule has 126 valence electrons. The molecule has 0 aliphatic carbocycles. The Labute approximate surface area is 140 Å². The van der Waals surface area contributed by atoms with Crippen LogP contribution in [0, 0.1) is 0 Å². The molecule has 1 aromatic heterocycles. The van der Waals surface area contributed by atoms with Crippen molar-refractivity contribution in [1.29, 1.82) is 0 Å². The number of piperazine rings is 1. The first-order chi connectivity index (χ1) is 11.6. The van der Waals surface area contributed by atoms with Crippen molar-refractivity contribution in [2.75, 3.05) is 26.2 Å². The third kappa shape index (κ3) is 3.10. The lowest BCUT2D eigenvalue weighted by molar-refractivity contribution is 0.0533. The second-order valence-electron chi connectivity index (χ2n) is 5.69. The average molecular weight is 328 g/mol. The summed E-state index contributed by atoms with van der Waals surface area (Å²) in [6.45, 7) is 4.51. The number of carbonyl (C=O) groups is 2. The molecule has 0 spiro atoms. The summed E-state index contributed by atoms with van der Waals surface area (Å²) in [5.41, 5.74) is 0.860. The number of para-hydroxylation sites is 1. The lowest BCUT2D eigenvalue weighted by atomic mass is 10.1. The fraction of sp³-hybridized carbons (Fsp3) is 0.353. The third-order valence-corrected chi connectivity index (χ3v) is 4.19. The van der Waals surface area contributed by atoms with Gasteiger partial charge >= 0.3 is 0 Å². The zero-order valence-corrected chi connectivity index (χ0v) is 13.6. The van der Waals surface area contributed by atoms with Crippen LogP contribution in [-0.4, -0.2) is 62.7 Å². The van der Waals surface area contributed by atoms with E-state index < -0.39 is 0 Å². The minimum absolute atomic E-state index is 0.0204. The van der Waals surface area contributed by atoms with Gasteiger partial charge in [0.05, 0.1) is 17.3 Å². The standard InChI is InChI=1S/C17H20N4O3/c1-2-21-12-13(11-18-21)16(23)19-7-9-20(10-8-19)17(24)14-5-3-4-6-15(14)22/h3-6,11-12,22H,2,7-10H2,1H3. The van der Waals surface area contributed by atoms with Crippen molar-refractivity contribution in [3.05, 3.63) is 47.8 Å². The summed E-state index contributed by atoms with van der Waals surface area (Å²) in [5, 5.41) is 13.9. The molecule has 7 heteroatoms. The minimum atomic E-state index is -0.209. The van der Waals surface area contributed by atoms with Gasteiger partial charge in [0.25, 0.3) is 11.8 Å². The van der Waals surface area contributed by atoms with Crippen LogP contribution in [0.15, 0.2) is 36.7 Å². The summed E-state index contributed by atoms with van der Waals surface area (Å²) in [7, 11) is 0. The molecule has 1 aliphatic heterocycles. The summed E-state index contributed by atoms with van der Waals surface area (Å²) in [5.74, 6) is -0.295. The van der Waals surface area contributed by atoms with Crippen LogP contribution in [0.1, 0.15) is 27.6 Å². The van der Waals surface area contributed by atoms with Gasteiger partial charge in [-0.05, 0) is 19.1 Å². The van der Waals surface area contributed by atoms with Crippen LogP contribution in [0.3, 0.4) is 0 Å². The van der Waals surface area contributed by atoms with E-state index in [9.17, 15) is 14.7 Å². The number of aryl methyl sites for hydroxylation is 1. The number of hydrogen-bond donors (Lipinski definition) is 1. The van der Waals surface area contributed by atoms with Crippen LogP contribution in [-0.2, 0) is 6.54 Å². The maximum absolute atomic E-state index is 12.5. The highest BCUT2D eigenvalue weighted by Crippen LogP contribution is 2.19. The number of amides is 2. The quantitative estimate of drug-likeness (QED) is 0.918. The fourth-order valence-electron chi connectivity index (χ4n) is 2.77. The second-order valence-corrected chi connectivity index (χ2v) is 5.69. The Kier molecular flexibility index (Phi) is 4.50. The van der Waals surface area contributed by atoms with E-state index in [-0.39, 0.29) is 17.6 Å². The topological polar surface area (TPSA) is 78.7 Å². The first kappa shape index (κ1) is 16.0. The van der Waals surface area contributed by atoms with Crippen molar-refractivity contribution in [3.8, 4) is 5.75 Å². The van der Waals surface area contributed by atoms with Gasteiger partial charge in [-0.3, -0.25) is 14.3 Å². The fourth-order valence-corrected chi connectivity index (χ4v) is 2.77. The summed E-state index contributed by atoms with van der Waals surface area (Å²) in [6, 6.07) is 6.50. The van der Waals surface area contributed by atoms with Gasteiger partial charge in [-0.25, -0.2) is 0 Å². The number of benzene rings is 1. The van der Waals surface area contributed by atoms with Gasteiger partial charge in [-0.1, -0.05) is 12.1 Å². The normalized spacial score (nSPS) is 14.7. The molecule has 7 nitrogen and oxygen atoms in total. The Morgan fingerprint density at radius 1 is 1.08 bits per heavy atom. The van der Waals surface area contributed by atoms with E-state index in [4.69, 9.17) is 0 Å². The highest BCUT2D eigenvalue weighted by atomic mass is 16.3. The number of carbonyl (C=O) groups excluding carboxylic acids is 2. The van der Waals surface area contributed by atoms with Gasteiger partial charge in [0, 0.05) is 38.9 Å². The van der Waals surface area contributed by atoms with Crippen molar-refractivity contribution in [2.24, 2.45) is 0 Å². The van der Waals surface area contributed by atoms with Crippen LogP contribution in [0.2, 0.25) is 0 Å². The largest absolute Gasteiger partial charge is 0.507 e. The molecule has 0 bridgehead atoms. The Hall–Kier alpha value is -2.83. The zero-order chi connectivity index (χ0) is 17.1. The SMILES string of the molecule is CCn1cc(C(=O)N2CCN(C(=O)c3ccccc3O)CC2)cn1. The minimum Gasteiger partial charge on any atom is -0.507 e. The summed E-state index contributed by atoms with van der Waals surface area (Å²) in [6.07, 6.45) is 3.31. The maximum atomic E-state index is 12.5. The molecular weight excluding hydrogens is 308 g/mol. The number of aromatic nitrogens is 2. The third-order valence-electron chi connectivity index (χ3n) is 4.19. The van der Waals surface area contributed by atoms with E-state index in [1.807, 2.05) is 6.92 Å². The molecule has 1 fully saturated rings. The Balaban J connectivity index is 1.62. The van der Waals surface area contributed by atoms with Crippen LogP contribution in [0.5, 0.6) is 5.75 Å². The molecule has 2 amide bonds. The lowest BCUT2D eigenvalue weighted by Crippen LogP contribution is -2.50. The first-order valence-corrected chi connectivity index (χ1v) is 7.99. The van der Waals surface area contributed by atoms with Gasteiger partial charge in [0.2, 0.25) is 0 Å². The molecule has 1 saturated heterocycles. The predicted molar refractivity (Wildman–Crippen MR) is 87.8 cm³/mol. The average Bonchev–Trinajstić information content (AvgIpc) is 3.10. The van der Waals surface area contributed by atoms with Crippen molar-refractivity contribution in [1.82, 2.24) is 19.6 Å². The molecular formula is C17H20N4O3. The van der Waals surface area contributed by atoms with E-state index in [0.29, 0.717) is 37.3 Å². The van der Waals surface area contributed by atoms with E-state index >= 15 is 0 Å². The molecule has 1 N–H and O–H groups in total. The first-order valence-electron chi connectivity index (χ1n) is 7.99. The van der Waals surface area contributed by atoms with Crippen LogP contribution >= 0.6 is 0 Å². The molecule has 3 rings (SSSR count). The Bertz CT molecular complexity index is 748. The number of phenolic OH excluding ortho intramolecular Hbond substituents is 1. The van der Waals surface area contributed by atoms with Gasteiger partial charge in [0.1, 0.15) is 5.75 Å². The number of phenols is 1. The molecule has 2 aromatic rings. The monoisotopic (exact) mass is 328 g/mol. The van der Waals surface area contributed by atoms with Crippen molar-refractivity contribution in [3.63, 3.8) is 0 Å². The molecule has 0 atom stereocenters. The molecule has 1 aliphatic rings. The van der Waals surface area contributed by atoms with Crippen molar-refractivity contribution >= 4 is 11.8 Å². The van der Waals surface area contributed by atoms with Crippen LogP contribution in [0.25, 0.3) is 0 Å². The predicted octanol–water partition coefficient (Wildman–Crippen LogP) is 1.21. The Morgan fingerprint density at radius 2 is 1.71 bits per heavy atom. The maximum Gasteiger partial charge on any atom is 0.257 e. The van der Waals surface area contributed by atoms with E-state index in [0.717, 1.165) is 6.54 Å². The Morgan fingerprint density at radius 3 is 2.29 bits per heavy atom. The summed E-state index contributed by atoms with van der Waals surface area (Å²) >= 11 is 0. The highest BCUT2D eigenvalue weighted by molar-refractivity contribution is 5.97. The van der Waals surface area contributed by atoms with E-state index in [1.165, 1.54) is 6.07 Å².